The molecule has 0 radical (unpaired) electrons. The Balaban J connectivity index is 2.11. The minimum absolute atomic E-state index is 0.277. The van der Waals surface area contributed by atoms with Gasteiger partial charge in [0.05, 0.1) is 0 Å². The van der Waals surface area contributed by atoms with Gasteiger partial charge in [0, 0.05) is 16.4 Å². The molecule has 3 nitrogen and oxygen atoms in total. The second-order valence-electron chi connectivity index (χ2n) is 4.91. The average Bonchev–Trinajstić information content (AvgIpc) is 2.32. The van der Waals surface area contributed by atoms with Gasteiger partial charge >= 0.3 is 6.03 Å². The van der Waals surface area contributed by atoms with Crippen LogP contribution in [-0.2, 0) is 0 Å². The highest BCUT2D eigenvalue weighted by molar-refractivity contribution is 6.31. The van der Waals surface area contributed by atoms with Gasteiger partial charge in [0.1, 0.15) is 0 Å². The number of rotatable bonds is 2. The Hall–Kier alpha value is -2.00. The monoisotopic (exact) mass is 288 g/mol. The van der Waals surface area contributed by atoms with E-state index in [1.807, 2.05) is 39.0 Å². The van der Waals surface area contributed by atoms with Crippen molar-refractivity contribution in [2.45, 2.75) is 20.8 Å². The second kappa shape index (κ2) is 5.97. The van der Waals surface area contributed by atoms with Crippen molar-refractivity contribution in [1.29, 1.82) is 0 Å². The number of nitrogens with one attached hydrogen (secondary N) is 2. The van der Waals surface area contributed by atoms with Crippen molar-refractivity contribution in [3.8, 4) is 0 Å². The number of benzene rings is 2. The molecule has 0 spiro atoms. The first-order valence-electron chi connectivity index (χ1n) is 6.36. The predicted octanol–water partition coefficient (Wildman–Crippen LogP) is 4.91. The Morgan fingerprint density at radius 1 is 0.950 bits per heavy atom. The van der Waals surface area contributed by atoms with Crippen molar-refractivity contribution >= 4 is 29.0 Å². The average molecular weight is 289 g/mol. The van der Waals surface area contributed by atoms with Gasteiger partial charge in [0.25, 0.3) is 0 Å². The second-order valence-corrected chi connectivity index (χ2v) is 5.35. The predicted molar refractivity (Wildman–Crippen MR) is 84.7 cm³/mol. The SMILES string of the molecule is Cc1cc(C)cc(NC(=O)Nc2cc(Cl)ccc2C)c1. The van der Waals surface area contributed by atoms with E-state index in [0.29, 0.717) is 10.7 Å². The van der Waals surface area contributed by atoms with Crippen LogP contribution in [0.1, 0.15) is 16.7 Å². The molecule has 4 heteroatoms. The Labute approximate surface area is 124 Å². The van der Waals surface area contributed by atoms with Crippen LogP contribution < -0.4 is 10.6 Å². The van der Waals surface area contributed by atoms with Gasteiger partial charge in [-0.05, 0) is 61.7 Å². The van der Waals surface area contributed by atoms with Crippen LogP contribution in [0.15, 0.2) is 36.4 Å². The molecule has 2 aromatic rings. The van der Waals surface area contributed by atoms with Gasteiger partial charge < -0.3 is 10.6 Å². The first-order valence-corrected chi connectivity index (χ1v) is 6.74. The van der Waals surface area contributed by atoms with Crippen LogP contribution in [-0.4, -0.2) is 6.03 Å². The van der Waals surface area contributed by atoms with E-state index in [0.717, 1.165) is 22.4 Å². The maximum Gasteiger partial charge on any atom is 0.323 e. The van der Waals surface area contributed by atoms with Crippen molar-refractivity contribution in [1.82, 2.24) is 0 Å². The molecule has 2 N–H and O–H groups in total. The Bertz CT molecular complexity index is 633. The topological polar surface area (TPSA) is 41.1 Å². The van der Waals surface area contributed by atoms with Gasteiger partial charge in [-0.2, -0.15) is 0 Å². The zero-order valence-corrected chi connectivity index (χ0v) is 12.5. The lowest BCUT2D eigenvalue weighted by atomic mass is 10.1. The summed E-state index contributed by atoms with van der Waals surface area (Å²) in [4.78, 5) is 12.0. The highest BCUT2D eigenvalue weighted by Crippen LogP contribution is 2.20. The summed E-state index contributed by atoms with van der Waals surface area (Å²) >= 11 is 5.93. The molecule has 0 fully saturated rings. The Morgan fingerprint density at radius 2 is 1.60 bits per heavy atom. The minimum Gasteiger partial charge on any atom is -0.308 e. The summed E-state index contributed by atoms with van der Waals surface area (Å²) in [5.74, 6) is 0. The molecule has 20 heavy (non-hydrogen) atoms. The van der Waals surface area contributed by atoms with Crippen molar-refractivity contribution < 1.29 is 4.79 Å². The Morgan fingerprint density at radius 3 is 2.25 bits per heavy atom. The highest BCUT2D eigenvalue weighted by Gasteiger charge is 2.06. The van der Waals surface area contributed by atoms with Crippen LogP contribution in [0, 0.1) is 20.8 Å². The summed E-state index contributed by atoms with van der Waals surface area (Å²) in [6.07, 6.45) is 0. The molecule has 0 atom stereocenters. The van der Waals surface area contributed by atoms with Crippen molar-refractivity contribution in [2.24, 2.45) is 0 Å². The highest BCUT2D eigenvalue weighted by atomic mass is 35.5. The van der Waals surface area contributed by atoms with Gasteiger partial charge in [0.15, 0.2) is 0 Å². The quantitative estimate of drug-likeness (QED) is 0.810. The molecule has 2 aromatic carbocycles. The minimum atomic E-state index is -0.277. The molecule has 0 heterocycles. The summed E-state index contributed by atoms with van der Waals surface area (Å²) in [5, 5.41) is 6.22. The van der Waals surface area contributed by atoms with E-state index in [2.05, 4.69) is 16.7 Å². The molecule has 0 saturated carbocycles. The molecule has 0 unspecified atom stereocenters. The smallest absolute Gasteiger partial charge is 0.308 e. The summed E-state index contributed by atoms with van der Waals surface area (Å²) in [6, 6.07) is 11.0. The van der Waals surface area contributed by atoms with E-state index < -0.39 is 0 Å². The lowest BCUT2D eigenvalue weighted by Gasteiger charge is -2.11. The zero-order valence-electron chi connectivity index (χ0n) is 11.8. The molecule has 0 saturated heterocycles. The summed E-state index contributed by atoms with van der Waals surface area (Å²) < 4.78 is 0. The van der Waals surface area contributed by atoms with E-state index in [-0.39, 0.29) is 6.03 Å². The molecule has 2 rings (SSSR count). The fourth-order valence-corrected chi connectivity index (χ4v) is 2.23. The molecule has 0 aliphatic rings. The molecule has 0 aromatic heterocycles. The molecule has 104 valence electrons. The van der Waals surface area contributed by atoms with Crippen molar-refractivity contribution in [3.63, 3.8) is 0 Å². The molecule has 2 amide bonds. The standard InChI is InChI=1S/C16H17ClN2O/c1-10-6-11(2)8-14(7-10)18-16(20)19-15-9-13(17)5-4-12(15)3/h4-9H,1-3H3,(H2,18,19,20). The Kier molecular flexibility index (Phi) is 4.30. The largest absolute Gasteiger partial charge is 0.323 e. The number of carbonyl (C=O) groups excluding carboxylic acids is 1. The van der Waals surface area contributed by atoms with Gasteiger partial charge in [-0.3, -0.25) is 0 Å². The maximum atomic E-state index is 12.0. The normalized spacial score (nSPS) is 10.2. The van der Waals surface area contributed by atoms with Gasteiger partial charge in [-0.1, -0.05) is 23.7 Å². The number of amides is 2. The fourth-order valence-electron chi connectivity index (χ4n) is 2.06. The third kappa shape index (κ3) is 3.75. The lowest BCUT2D eigenvalue weighted by Crippen LogP contribution is -2.20. The third-order valence-corrected chi connectivity index (χ3v) is 3.16. The number of hydrogen-bond donors (Lipinski definition) is 2. The van der Waals surface area contributed by atoms with Gasteiger partial charge in [0.2, 0.25) is 0 Å². The third-order valence-electron chi connectivity index (χ3n) is 2.93. The van der Waals surface area contributed by atoms with Crippen LogP contribution in [0.2, 0.25) is 5.02 Å². The van der Waals surface area contributed by atoms with E-state index in [1.165, 1.54) is 0 Å². The summed E-state index contributed by atoms with van der Waals surface area (Å²) in [6.45, 7) is 5.91. The molecule has 0 aliphatic carbocycles. The van der Waals surface area contributed by atoms with E-state index >= 15 is 0 Å². The summed E-state index contributed by atoms with van der Waals surface area (Å²) in [7, 11) is 0. The van der Waals surface area contributed by atoms with Gasteiger partial charge in [-0.25, -0.2) is 4.79 Å². The number of aryl methyl sites for hydroxylation is 3. The summed E-state index contributed by atoms with van der Waals surface area (Å²) in [5.41, 5.74) is 4.67. The van der Waals surface area contributed by atoms with Crippen LogP contribution in [0.3, 0.4) is 0 Å². The van der Waals surface area contributed by atoms with Crippen molar-refractivity contribution in [2.75, 3.05) is 10.6 Å². The number of urea groups is 1. The van der Waals surface area contributed by atoms with E-state index in [1.54, 1.807) is 12.1 Å². The lowest BCUT2D eigenvalue weighted by molar-refractivity contribution is 0.262. The van der Waals surface area contributed by atoms with Crippen LogP contribution in [0.5, 0.6) is 0 Å². The number of halogens is 1. The fraction of sp³-hybridized carbons (Fsp3) is 0.188. The molecular formula is C16H17ClN2O. The van der Waals surface area contributed by atoms with Gasteiger partial charge in [-0.15, -0.1) is 0 Å². The number of hydrogen-bond acceptors (Lipinski definition) is 1. The molecule has 0 bridgehead atoms. The molecular weight excluding hydrogens is 272 g/mol. The number of carbonyl (C=O) groups is 1. The zero-order chi connectivity index (χ0) is 14.7. The van der Waals surface area contributed by atoms with Crippen molar-refractivity contribution in [3.05, 3.63) is 58.1 Å². The van der Waals surface area contributed by atoms with E-state index in [4.69, 9.17) is 11.6 Å². The first-order chi connectivity index (χ1) is 9.44. The van der Waals surface area contributed by atoms with Crippen LogP contribution >= 0.6 is 11.6 Å². The van der Waals surface area contributed by atoms with Crippen LogP contribution in [0.25, 0.3) is 0 Å². The molecule has 0 aliphatic heterocycles. The maximum absolute atomic E-state index is 12.0. The first kappa shape index (κ1) is 14.4. The number of anilines is 2. The van der Waals surface area contributed by atoms with E-state index in [9.17, 15) is 4.79 Å². The van der Waals surface area contributed by atoms with Crippen LogP contribution in [0.4, 0.5) is 16.2 Å².